The number of imide groups is 1. The number of urea groups is 1. The van der Waals surface area contributed by atoms with E-state index in [0.29, 0.717) is 25.3 Å². The Kier molecular flexibility index (Phi) is 7.01. The summed E-state index contributed by atoms with van der Waals surface area (Å²) >= 11 is 0. The topological polar surface area (TPSA) is 86.1 Å². The third-order valence-corrected chi connectivity index (χ3v) is 5.85. The summed E-state index contributed by atoms with van der Waals surface area (Å²) in [6.45, 7) is 3.94. The van der Waals surface area contributed by atoms with Gasteiger partial charge in [-0.05, 0) is 24.1 Å². The third-order valence-electron chi connectivity index (χ3n) is 5.85. The fraction of sp³-hybridized carbons (Fsp3) is 0.375. The molecule has 0 aliphatic carbocycles. The Bertz CT molecular complexity index is 950. The van der Waals surface area contributed by atoms with Crippen molar-refractivity contribution < 1.29 is 18.8 Å². The van der Waals surface area contributed by atoms with Gasteiger partial charge in [0.25, 0.3) is 5.91 Å². The van der Waals surface area contributed by atoms with Gasteiger partial charge < -0.3 is 14.6 Å². The summed E-state index contributed by atoms with van der Waals surface area (Å²) in [4.78, 5) is 42.6. The Morgan fingerprint density at radius 3 is 2.56 bits per heavy atom. The van der Waals surface area contributed by atoms with Crippen LogP contribution < -0.4 is 5.32 Å². The first-order valence-electron chi connectivity index (χ1n) is 11.0. The van der Waals surface area contributed by atoms with Crippen molar-refractivity contribution in [2.45, 2.75) is 25.4 Å². The van der Waals surface area contributed by atoms with Crippen molar-refractivity contribution >= 4 is 23.9 Å². The Morgan fingerprint density at radius 2 is 1.84 bits per heavy atom. The van der Waals surface area contributed by atoms with Gasteiger partial charge in [0.05, 0.1) is 12.8 Å². The first kappa shape index (κ1) is 21.8. The van der Waals surface area contributed by atoms with E-state index in [4.69, 9.17) is 4.42 Å². The van der Waals surface area contributed by atoms with Crippen molar-refractivity contribution in [2.24, 2.45) is 0 Å². The molecule has 4 amide bonds. The molecule has 0 saturated carbocycles. The van der Waals surface area contributed by atoms with E-state index in [9.17, 15) is 14.4 Å². The van der Waals surface area contributed by atoms with Gasteiger partial charge in [-0.15, -0.1) is 0 Å². The molecule has 0 bridgehead atoms. The predicted molar refractivity (Wildman–Crippen MR) is 119 cm³/mol. The fourth-order valence-electron chi connectivity index (χ4n) is 3.99. The summed E-state index contributed by atoms with van der Waals surface area (Å²) in [5.41, 5.74) is 1.18. The van der Waals surface area contributed by atoms with E-state index in [1.807, 2.05) is 23.1 Å². The van der Waals surface area contributed by atoms with Crippen molar-refractivity contribution in [1.82, 2.24) is 20.0 Å². The molecule has 0 unspecified atom stereocenters. The highest BCUT2D eigenvalue weighted by atomic mass is 16.3. The molecule has 2 aliphatic rings. The molecule has 1 N–H and O–H groups in total. The van der Waals surface area contributed by atoms with Gasteiger partial charge in [-0.25, -0.2) is 4.79 Å². The normalized spacial score (nSPS) is 19.7. The van der Waals surface area contributed by atoms with Crippen molar-refractivity contribution in [1.29, 1.82) is 0 Å². The van der Waals surface area contributed by atoms with Crippen molar-refractivity contribution in [3.8, 4) is 0 Å². The maximum Gasteiger partial charge on any atom is 0.325 e. The maximum absolute atomic E-state index is 12.6. The van der Waals surface area contributed by atoms with E-state index >= 15 is 0 Å². The number of piperazine rings is 1. The summed E-state index contributed by atoms with van der Waals surface area (Å²) in [5.74, 6) is 0.256. The summed E-state index contributed by atoms with van der Waals surface area (Å²) < 4.78 is 5.22. The summed E-state index contributed by atoms with van der Waals surface area (Å²) in [6.07, 6.45) is 6.30. The van der Waals surface area contributed by atoms with Crippen molar-refractivity contribution in [3.63, 3.8) is 0 Å². The third kappa shape index (κ3) is 5.45. The van der Waals surface area contributed by atoms with Crippen LogP contribution in [0.4, 0.5) is 4.79 Å². The van der Waals surface area contributed by atoms with Gasteiger partial charge in [-0.2, -0.15) is 0 Å². The van der Waals surface area contributed by atoms with Gasteiger partial charge in [-0.1, -0.05) is 42.5 Å². The average Bonchev–Trinajstić information content (AvgIpc) is 3.42. The second kappa shape index (κ2) is 10.3. The number of carbonyl (C=O) groups excluding carboxylic acids is 3. The Balaban J connectivity index is 1.18. The highest BCUT2D eigenvalue weighted by molar-refractivity contribution is 6.04. The molecule has 0 radical (unpaired) electrons. The molecule has 4 rings (SSSR count). The highest BCUT2D eigenvalue weighted by Gasteiger charge is 2.38. The number of furan rings is 1. The number of rotatable bonds is 8. The van der Waals surface area contributed by atoms with E-state index in [-0.39, 0.29) is 24.8 Å². The zero-order valence-corrected chi connectivity index (χ0v) is 18.0. The van der Waals surface area contributed by atoms with Crippen LogP contribution in [0.5, 0.6) is 0 Å². The lowest BCUT2D eigenvalue weighted by Crippen LogP contribution is -2.48. The lowest BCUT2D eigenvalue weighted by atomic mass is 10.1. The minimum Gasteiger partial charge on any atom is -0.467 e. The quantitative estimate of drug-likeness (QED) is 0.642. The van der Waals surface area contributed by atoms with Gasteiger partial charge >= 0.3 is 6.03 Å². The van der Waals surface area contributed by atoms with E-state index in [0.717, 1.165) is 24.5 Å². The largest absolute Gasteiger partial charge is 0.467 e. The van der Waals surface area contributed by atoms with Crippen LogP contribution in [-0.4, -0.2) is 71.3 Å². The highest BCUT2D eigenvalue weighted by Crippen LogP contribution is 2.16. The van der Waals surface area contributed by atoms with Gasteiger partial charge in [0.2, 0.25) is 5.91 Å². The van der Waals surface area contributed by atoms with Crippen LogP contribution in [0.15, 0.2) is 59.2 Å². The molecule has 3 heterocycles. The first-order valence-corrected chi connectivity index (χ1v) is 11.0. The van der Waals surface area contributed by atoms with Gasteiger partial charge in [0, 0.05) is 39.1 Å². The number of carbonyl (C=O) groups is 3. The molecule has 2 saturated heterocycles. The number of hydrogen-bond acceptors (Lipinski definition) is 5. The van der Waals surface area contributed by atoms with Crippen LogP contribution in [0.3, 0.4) is 0 Å². The first-order chi connectivity index (χ1) is 15.6. The van der Waals surface area contributed by atoms with Crippen LogP contribution >= 0.6 is 0 Å². The zero-order chi connectivity index (χ0) is 22.3. The number of benzene rings is 1. The molecule has 2 fully saturated rings. The molecular formula is C24H28N4O4. The second-order valence-corrected chi connectivity index (χ2v) is 8.04. The molecule has 1 atom stereocenters. The summed E-state index contributed by atoms with van der Waals surface area (Å²) in [7, 11) is 0. The molecule has 0 spiro atoms. The molecule has 168 valence electrons. The van der Waals surface area contributed by atoms with E-state index < -0.39 is 12.1 Å². The van der Waals surface area contributed by atoms with Gasteiger partial charge in [0.1, 0.15) is 11.8 Å². The van der Waals surface area contributed by atoms with Crippen LogP contribution in [0.2, 0.25) is 0 Å². The number of nitrogens with one attached hydrogen (secondary N) is 1. The fourth-order valence-corrected chi connectivity index (χ4v) is 3.99. The number of amides is 4. The average molecular weight is 437 g/mol. The van der Waals surface area contributed by atoms with Crippen LogP contribution in [0.1, 0.15) is 24.2 Å². The second-order valence-electron chi connectivity index (χ2n) is 8.04. The molecule has 1 aromatic heterocycles. The van der Waals surface area contributed by atoms with E-state index in [1.54, 1.807) is 12.1 Å². The Morgan fingerprint density at radius 1 is 1.06 bits per heavy atom. The number of hydrogen-bond donors (Lipinski definition) is 1. The van der Waals surface area contributed by atoms with Crippen molar-refractivity contribution in [3.05, 3.63) is 66.1 Å². The number of nitrogens with zero attached hydrogens (tertiary/aromatic N) is 3. The molecule has 2 aromatic rings. The molecule has 2 aliphatic heterocycles. The lowest BCUT2D eigenvalue weighted by molar-refractivity contribution is -0.133. The summed E-state index contributed by atoms with van der Waals surface area (Å²) in [6, 6.07) is 12.5. The van der Waals surface area contributed by atoms with Crippen LogP contribution in [-0.2, 0) is 16.1 Å². The standard InChI is InChI=1S/C24H28N4O4/c29-22(11-10-21-23(30)28(24(31)25-21)18-20-9-5-17-32-20)27-15-13-26(14-16-27)12-4-8-19-6-2-1-3-7-19/h1-9,17,21H,10-16,18H2,(H,25,31)/b8-4+/t21-/m1/s1. The maximum atomic E-state index is 12.6. The monoisotopic (exact) mass is 436 g/mol. The Labute approximate surface area is 187 Å². The SMILES string of the molecule is O=C(CC[C@H]1NC(=O)N(Cc2ccco2)C1=O)N1CCN(C/C=C/c2ccccc2)CC1. The predicted octanol–water partition coefficient (Wildman–Crippen LogP) is 2.34. The molecule has 8 nitrogen and oxygen atoms in total. The lowest BCUT2D eigenvalue weighted by Gasteiger charge is -2.34. The minimum absolute atomic E-state index is 0.0241. The zero-order valence-electron chi connectivity index (χ0n) is 18.0. The van der Waals surface area contributed by atoms with Gasteiger partial charge in [-0.3, -0.25) is 19.4 Å². The molecule has 32 heavy (non-hydrogen) atoms. The smallest absolute Gasteiger partial charge is 0.325 e. The Hall–Kier alpha value is -3.39. The van der Waals surface area contributed by atoms with Gasteiger partial charge in [0.15, 0.2) is 0 Å². The molecule has 8 heteroatoms. The molecule has 1 aromatic carbocycles. The van der Waals surface area contributed by atoms with E-state index in [1.165, 1.54) is 11.8 Å². The van der Waals surface area contributed by atoms with Crippen molar-refractivity contribution in [2.75, 3.05) is 32.7 Å². The summed E-state index contributed by atoms with van der Waals surface area (Å²) in [5, 5.41) is 2.68. The van der Waals surface area contributed by atoms with E-state index in [2.05, 4.69) is 34.5 Å². The minimum atomic E-state index is -0.661. The molecular weight excluding hydrogens is 408 g/mol. The van der Waals surface area contributed by atoms with Crippen LogP contribution in [0, 0.1) is 0 Å². The van der Waals surface area contributed by atoms with Crippen LogP contribution in [0.25, 0.3) is 6.08 Å².